The van der Waals surface area contributed by atoms with Crippen molar-refractivity contribution < 1.29 is 9.47 Å². The van der Waals surface area contributed by atoms with Crippen LogP contribution in [-0.4, -0.2) is 13.4 Å². The predicted molar refractivity (Wildman–Crippen MR) is 63.2 cm³/mol. The molecule has 1 aliphatic rings. The highest BCUT2D eigenvalue weighted by Crippen LogP contribution is 2.28. The molecule has 2 N–H and O–H groups in total. The molecule has 0 bridgehead atoms. The molecule has 0 spiro atoms. The van der Waals surface area contributed by atoms with E-state index < -0.39 is 0 Å². The fourth-order valence-electron chi connectivity index (χ4n) is 1.61. The van der Waals surface area contributed by atoms with Crippen molar-refractivity contribution in [1.29, 1.82) is 0 Å². The fourth-order valence-corrected chi connectivity index (χ4v) is 1.61. The molecule has 1 aliphatic carbocycles. The van der Waals surface area contributed by atoms with Crippen LogP contribution in [0, 0.1) is 12.8 Å². The zero-order valence-electron chi connectivity index (χ0n) is 9.74. The number of hydrogen-bond donors (Lipinski definition) is 1. The van der Waals surface area contributed by atoms with Crippen LogP contribution in [-0.2, 0) is 11.3 Å². The van der Waals surface area contributed by atoms with Crippen molar-refractivity contribution in [2.45, 2.75) is 26.3 Å². The molecule has 0 aromatic heterocycles. The van der Waals surface area contributed by atoms with E-state index in [9.17, 15) is 0 Å². The van der Waals surface area contributed by atoms with Crippen molar-refractivity contribution in [3.05, 3.63) is 29.3 Å². The number of benzene rings is 1. The second-order valence-electron chi connectivity index (χ2n) is 4.39. The number of nitrogens with two attached hydrogens (primary N) is 1. The van der Waals surface area contributed by atoms with Crippen molar-refractivity contribution in [3.63, 3.8) is 0 Å². The smallest absolute Gasteiger partial charge is 0.189 e. The molecule has 1 aromatic rings. The summed E-state index contributed by atoms with van der Waals surface area (Å²) in [6, 6.07) is 6.03. The van der Waals surface area contributed by atoms with Gasteiger partial charge in [-0.2, -0.15) is 0 Å². The largest absolute Gasteiger partial charge is 0.467 e. The molecule has 0 atom stereocenters. The summed E-state index contributed by atoms with van der Waals surface area (Å²) in [6.07, 6.45) is 2.61. The maximum absolute atomic E-state index is 5.66. The van der Waals surface area contributed by atoms with E-state index in [1.165, 1.54) is 18.4 Å². The Morgan fingerprint density at radius 3 is 2.88 bits per heavy atom. The summed E-state index contributed by atoms with van der Waals surface area (Å²) in [5, 5.41) is 0. The van der Waals surface area contributed by atoms with E-state index in [4.69, 9.17) is 15.2 Å². The Balaban J connectivity index is 1.82. The summed E-state index contributed by atoms with van der Waals surface area (Å²) in [4.78, 5) is 0. The van der Waals surface area contributed by atoms with Crippen molar-refractivity contribution in [2.24, 2.45) is 11.7 Å². The van der Waals surface area contributed by atoms with Gasteiger partial charge in [0.1, 0.15) is 5.75 Å². The topological polar surface area (TPSA) is 44.5 Å². The summed E-state index contributed by atoms with van der Waals surface area (Å²) in [7, 11) is 0. The second kappa shape index (κ2) is 5.32. The zero-order valence-corrected chi connectivity index (χ0v) is 9.74. The Morgan fingerprint density at radius 2 is 2.19 bits per heavy atom. The second-order valence-corrected chi connectivity index (χ2v) is 4.39. The zero-order chi connectivity index (χ0) is 11.4. The van der Waals surface area contributed by atoms with Crippen LogP contribution in [0.2, 0.25) is 0 Å². The first-order valence-corrected chi connectivity index (χ1v) is 5.79. The van der Waals surface area contributed by atoms with Gasteiger partial charge in [0.2, 0.25) is 0 Å². The molecule has 0 aliphatic heterocycles. The lowest BCUT2D eigenvalue weighted by Crippen LogP contribution is -2.08. The highest BCUT2D eigenvalue weighted by atomic mass is 16.7. The molecule has 1 aromatic carbocycles. The number of hydrogen-bond acceptors (Lipinski definition) is 3. The molecule has 0 amide bonds. The molecular weight excluding hydrogens is 202 g/mol. The van der Waals surface area contributed by atoms with Crippen molar-refractivity contribution >= 4 is 0 Å². The Hall–Kier alpha value is -1.06. The van der Waals surface area contributed by atoms with Gasteiger partial charge in [-0.15, -0.1) is 0 Å². The molecule has 1 fully saturated rings. The number of rotatable bonds is 6. The average Bonchev–Trinajstić information content (AvgIpc) is 3.09. The van der Waals surface area contributed by atoms with Crippen molar-refractivity contribution in [2.75, 3.05) is 13.4 Å². The van der Waals surface area contributed by atoms with Crippen LogP contribution in [0.3, 0.4) is 0 Å². The molecule has 2 rings (SSSR count). The standard InChI is InChI=1S/C13H19NO2/c1-10-2-5-13(12(6-10)7-14)16-9-15-8-11-3-4-11/h2,5-6,11H,3-4,7-9,14H2,1H3. The predicted octanol–water partition coefficient (Wildman–Crippen LogP) is 2.22. The van der Waals surface area contributed by atoms with Gasteiger partial charge < -0.3 is 15.2 Å². The third-order valence-electron chi connectivity index (χ3n) is 2.78. The fraction of sp³-hybridized carbons (Fsp3) is 0.538. The van der Waals surface area contributed by atoms with E-state index in [0.717, 1.165) is 23.8 Å². The van der Waals surface area contributed by atoms with E-state index in [1.54, 1.807) is 0 Å². The van der Waals surface area contributed by atoms with Crippen LogP contribution < -0.4 is 10.5 Å². The molecule has 88 valence electrons. The summed E-state index contributed by atoms with van der Waals surface area (Å²) < 4.78 is 11.0. The first-order chi connectivity index (χ1) is 7.79. The van der Waals surface area contributed by atoms with E-state index in [2.05, 4.69) is 6.07 Å². The Bertz CT molecular complexity index is 348. The molecule has 3 heteroatoms. The van der Waals surface area contributed by atoms with E-state index in [0.29, 0.717) is 13.3 Å². The highest BCUT2D eigenvalue weighted by Gasteiger charge is 2.21. The summed E-state index contributed by atoms with van der Waals surface area (Å²) in [6.45, 7) is 3.70. The van der Waals surface area contributed by atoms with Crippen LogP contribution in [0.5, 0.6) is 5.75 Å². The SMILES string of the molecule is Cc1ccc(OCOCC2CC2)c(CN)c1. The quantitative estimate of drug-likeness (QED) is 0.591. The third-order valence-corrected chi connectivity index (χ3v) is 2.78. The van der Waals surface area contributed by atoms with Crippen molar-refractivity contribution in [1.82, 2.24) is 0 Å². The minimum atomic E-state index is 0.326. The summed E-state index contributed by atoms with van der Waals surface area (Å²) in [5.41, 5.74) is 7.90. The normalized spacial score (nSPS) is 15.1. The lowest BCUT2D eigenvalue weighted by atomic mass is 10.1. The number of ether oxygens (including phenoxy) is 2. The van der Waals surface area contributed by atoms with E-state index >= 15 is 0 Å². The minimum absolute atomic E-state index is 0.326. The molecule has 0 heterocycles. The average molecular weight is 221 g/mol. The maximum Gasteiger partial charge on any atom is 0.189 e. The molecule has 16 heavy (non-hydrogen) atoms. The van der Waals surface area contributed by atoms with Gasteiger partial charge in [0, 0.05) is 12.1 Å². The minimum Gasteiger partial charge on any atom is -0.467 e. The van der Waals surface area contributed by atoms with E-state index in [-0.39, 0.29) is 0 Å². The maximum atomic E-state index is 5.66. The summed E-state index contributed by atoms with van der Waals surface area (Å²) in [5.74, 6) is 1.61. The van der Waals surface area contributed by atoms with Gasteiger partial charge in [0.05, 0.1) is 6.61 Å². The van der Waals surface area contributed by atoms with Gasteiger partial charge in [-0.05, 0) is 31.7 Å². The molecular formula is C13H19NO2. The van der Waals surface area contributed by atoms with Gasteiger partial charge in [-0.3, -0.25) is 0 Å². The Labute approximate surface area is 96.5 Å². The Morgan fingerprint density at radius 1 is 1.38 bits per heavy atom. The van der Waals surface area contributed by atoms with Crippen LogP contribution >= 0.6 is 0 Å². The lowest BCUT2D eigenvalue weighted by molar-refractivity contribution is 0.00947. The molecule has 0 saturated heterocycles. The lowest BCUT2D eigenvalue weighted by Gasteiger charge is -2.11. The van der Waals surface area contributed by atoms with E-state index in [1.807, 2.05) is 19.1 Å². The Kier molecular flexibility index (Phi) is 3.80. The van der Waals surface area contributed by atoms with Gasteiger partial charge in [0.25, 0.3) is 0 Å². The van der Waals surface area contributed by atoms with Crippen LogP contribution in [0.1, 0.15) is 24.0 Å². The molecule has 1 saturated carbocycles. The third kappa shape index (κ3) is 3.22. The number of aryl methyl sites for hydroxylation is 1. The molecule has 3 nitrogen and oxygen atoms in total. The van der Waals surface area contributed by atoms with Gasteiger partial charge in [-0.1, -0.05) is 17.7 Å². The van der Waals surface area contributed by atoms with Gasteiger partial charge in [0.15, 0.2) is 6.79 Å². The first-order valence-electron chi connectivity index (χ1n) is 5.79. The van der Waals surface area contributed by atoms with Gasteiger partial charge >= 0.3 is 0 Å². The van der Waals surface area contributed by atoms with Gasteiger partial charge in [-0.25, -0.2) is 0 Å². The van der Waals surface area contributed by atoms with Crippen LogP contribution in [0.4, 0.5) is 0 Å². The molecule has 0 unspecified atom stereocenters. The molecule has 0 radical (unpaired) electrons. The van der Waals surface area contributed by atoms with Crippen LogP contribution in [0.15, 0.2) is 18.2 Å². The highest BCUT2D eigenvalue weighted by molar-refractivity contribution is 5.36. The van der Waals surface area contributed by atoms with Crippen molar-refractivity contribution in [3.8, 4) is 5.75 Å². The first kappa shape index (κ1) is 11.4. The van der Waals surface area contributed by atoms with Crippen LogP contribution in [0.25, 0.3) is 0 Å². The monoisotopic (exact) mass is 221 g/mol. The summed E-state index contributed by atoms with van der Waals surface area (Å²) >= 11 is 0.